The fraction of sp³-hybridized carbons (Fsp3) is 0.182. The van der Waals surface area contributed by atoms with Crippen LogP contribution in [0.1, 0.15) is 18.5 Å². The lowest BCUT2D eigenvalue weighted by molar-refractivity contribution is 0.425. The van der Waals surface area contributed by atoms with Gasteiger partial charge in [0.05, 0.1) is 6.07 Å². The Morgan fingerprint density at radius 1 is 1.40 bits per heavy atom. The largest absolute Gasteiger partial charge is 0.378 e. The van der Waals surface area contributed by atoms with Crippen molar-refractivity contribution in [3.8, 4) is 11.3 Å². The van der Waals surface area contributed by atoms with Crippen LogP contribution in [0.15, 0.2) is 39.6 Å². The molecule has 78 valence electrons. The van der Waals surface area contributed by atoms with E-state index in [1.165, 1.54) is 6.07 Å². The van der Waals surface area contributed by atoms with E-state index in [9.17, 15) is 4.79 Å². The van der Waals surface area contributed by atoms with Crippen molar-refractivity contribution in [2.24, 2.45) is 5.73 Å². The summed E-state index contributed by atoms with van der Waals surface area (Å²) in [5.41, 5.74) is 7.39. The molecule has 0 amide bonds. The summed E-state index contributed by atoms with van der Waals surface area (Å²) >= 11 is 0. The summed E-state index contributed by atoms with van der Waals surface area (Å²) in [7, 11) is 0. The lowest BCUT2D eigenvalue weighted by atomic mass is 10.0. The summed E-state index contributed by atoms with van der Waals surface area (Å²) in [6.45, 7) is 1.89. The zero-order valence-electron chi connectivity index (χ0n) is 8.36. The monoisotopic (exact) mass is 204 g/mol. The number of hydrogen-bond acceptors (Lipinski definition) is 3. The summed E-state index contributed by atoms with van der Waals surface area (Å²) in [5, 5.41) is 2.26. The molecule has 0 bridgehead atoms. The molecule has 0 spiro atoms. The van der Waals surface area contributed by atoms with Crippen molar-refractivity contribution in [3.63, 3.8) is 0 Å². The van der Waals surface area contributed by atoms with Crippen LogP contribution in [0, 0.1) is 0 Å². The average Bonchev–Trinajstić information content (AvgIpc) is 2.65. The summed E-state index contributed by atoms with van der Waals surface area (Å²) < 4.78 is 5.05. The third-order valence-electron chi connectivity index (χ3n) is 2.24. The topological polar surface area (TPSA) is 72.0 Å². The first kappa shape index (κ1) is 9.73. The Balaban J connectivity index is 2.57. The van der Waals surface area contributed by atoms with Gasteiger partial charge in [-0.3, -0.25) is 4.79 Å². The lowest BCUT2D eigenvalue weighted by Gasteiger charge is -2.09. The van der Waals surface area contributed by atoms with E-state index in [4.69, 9.17) is 10.3 Å². The molecule has 4 heteroatoms. The Morgan fingerprint density at radius 3 is 2.73 bits per heavy atom. The molecule has 0 fully saturated rings. The Hall–Kier alpha value is -1.81. The maximum absolute atomic E-state index is 11.0. The second-order valence-corrected chi connectivity index (χ2v) is 3.45. The highest BCUT2D eigenvalue weighted by Gasteiger charge is 2.11. The molecule has 1 aromatic heterocycles. The minimum absolute atomic E-state index is 0.0959. The molecule has 2 aromatic rings. The van der Waals surface area contributed by atoms with E-state index < -0.39 is 0 Å². The van der Waals surface area contributed by atoms with Gasteiger partial charge in [0.15, 0.2) is 5.76 Å². The number of hydrogen-bond donors (Lipinski definition) is 2. The highest BCUT2D eigenvalue weighted by atomic mass is 16.5. The SMILES string of the molecule is CC(N)c1ccccc1-c1cc(=O)[nH]o1. The maximum atomic E-state index is 11.0. The Morgan fingerprint density at radius 2 is 2.13 bits per heavy atom. The molecule has 0 aliphatic rings. The van der Waals surface area contributed by atoms with Crippen LogP contribution < -0.4 is 11.3 Å². The van der Waals surface area contributed by atoms with Crippen molar-refractivity contribution in [2.45, 2.75) is 13.0 Å². The van der Waals surface area contributed by atoms with E-state index in [1.54, 1.807) is 0 Å². The molecule has 2 rings (SSSR count). The zero-order chi connectivity index (χ0) is 10.8. The Labute approximate surface area is 86.7 Å². The lowest BCUT2D eigenvalue weighted by Crippen LogP contribution is -2.06. The van der Waals surface area contributed by atoms with E-state index >= 15 is 0 Å². The minimum Gasteiger partial charge on any atom is -0.378 e. The molecule has 3 N–H and O–H groups in total. The Kier molecular flexibility index (Phi) is 2.43. The second kappa shape index (κ2) is 3.74. The van der Waals surface area contributed by atoms with E-state index in [2.05, 4.69) is 5.16 Å². The van der Waals surface area contributed by atoms with Gasteiger partial charge in [-0.05, 0) is 12.5 Å². The van der Waals surface area contributed by atoms with Crippen molar-refractivity contribution in [2.75, 3.05) is 0 Å². The molecule has 1 aromatic carbocycles. The molecule has 1 atom stereocenters. The van der Waals surface area contributed by atoms with Crippen LogP contribution in [0.3, 0.4) is 0 Å². The van der Waals surface area contributed by atoms with E-state index in [1.807, 2.05) is 31.2 Å². The maximum Gasteiger partial charge on any atom is 0.280 e. The minimum atomic E-state index is -0.246. The third kappa shape index (κ3) is 1.85. The highest BCUT2D eigenvalue weighted by molar-refractivity contribution is 5.62. The van der Waals surface area contributed by atoms with Gasteiger partial charge >= 0.3 is 0 Å². The first-order chi connectivity index (χ1) is 7.18. The van der Waals surface area contributed by atoms with Crippen LogP contribution in [0.4, 0.5) is 0 Å². The molecule has 0 saturated carbocycles. The fourth-order valence-electron chi connectivity index (χ4n) is 1.53. The van der Waals surface area contributed by atoms with Crippen LogP contribution in [0.2, 0.25) is 0 Å². The predicted molar refractivity (Wildman–Crippen MR) is 57.4 cm³/mol. The number of aromatic amines is 1. The van der Waals surface area contributed by atoms with E-state index in [0.717, 1.165) is 11.1 Å². The number of nitrogens with one attached hydrogen (secondary N) is 1. The van der Waals surface area contributed by atoms with Gasteiger partial charge in [0, 0.05) is 11.6 Å². The van der Waals surface area contributed by atoms with Crippen LogP contribution in [0.5, 0.6) is 0 Å². The van der Waals surface area contributed by atoms with Crippen LogP contribution >= 0.6 is 0 Å². The van der Waals surface area contributed by atoms with E-state index in [0.29, 0.717) is 5.76 Å². The Bertz CT molecular complexity index is 511. The predicted octanol–water partition coefficient (Wildman–Crippen LogP) is 1.65. The number of aromatic nitrogens is 1. The zero-order valence-corrected chi connectivity index (χ0v) is 8.36. The quantitative estimate of drug-likeness (QED) is 0.781. The molecule has 0 radical (unpaired) electrons. The molecule has 0 aliphatic heterocycles. The van der Waals surface area contributed by atoms with Crippen molar-refractivity contribution in [1.82, 2.24) is 5.16 Å². The van der Waals surface area contributed by atoms with Crippen LogP contribution in [-0.2, 0) is 0 Å². The van der Waals surface area contributed by atoms with Gasteiger partial charge in [0.2, 0.25) is 0 Å². The second-order valence-electron chi connectivity index (χ2n) is 3.45. The van der Waals surface area contributed by atoms with Gasteiger partial charge in [0.25, 0.3) is 5.56 Å². The highest BCUT2D eigenvalue weighted by Crippen LogP contribution is 2.25. The number of benzene rings is 1. The number of H-pyrrole nitrogens is 1. The van der Waals surface area contributed by atoms with Gasteiger partial charge < -0.3 is 10.3 Å². The van der Waals surface area contributed by atoms with Gasteiger partial charge in [-0.25, -0.2) is 0 Å². The summed E-state index contributed by atoms with van der Waals surface area (Å²) in [4.78, 5) is 11.0. The third-order valence-corrected chi connectivity index (χ3v) is 2.24. The van der Waals surface area contributed by atoms with Gasteiger partial charge in [-0.2, -0.15) is 5.16 Å². The van der Waals surface area contributed by atoms with Crippen molar-refractivity contribution < 1.29 is 4.52 Å². The fourth-order valence-corrected chi connectivity index (χ4v) is 1.53. The molecule has 1 unspecified atom stereocenters. The van der Waals surface area contributed by atoms with Crippen LogP contribution in [-0.4, -0.2) is 5.16 Å². The van der Waals surface area contributed by atoms with Gasteiger partial charge in [0.1, 0.15) is 0 Å². The molecular weight excluding hydrogens is 192 g/mol. The molecule has 15 heavy (non-hydrogen) atoms. The summed E-state index contributed by atoms with van der Waals surface area (Å²) in [6.07, 6.45) is 0. The molecular formula is C11H12N2O2. The van der Waals surface area contributed by atoms with Crippen LogP contribution in [0.25, 0.3) is 11.3 Å². The smallest absolute Gasteiger partial charge is 0.280 e. The van der Waals surface area contributed by atoms with Gasteiger partial charge in [-0.15, -0.1) is 0 Å². The molecule has 1 heterocycles. The number of nitrogens with two attached hydrogens (primary N) is 1. The summed E-state index contributed by atoms with van der Waals surface area (Å²) in [5.74, 6) is 0.521. The van der Waals surface area contributed by atoms with E-state index in [-0.39, 0.29) is 11.6 Å². The van der Waals surface area contributed by atoms with Crippen molar-refractivity contribution >= 4 is 0 Å². The molecule has 4 nitrogen and oxygen atoms in total. The molecule has 0 aliphatic carbocycles. The average molecular weight is 204 g/mol. The normalized spacial score (nSPS) is 12.7. The first-order valence-electron chi connectivity index (χ1n) is 4.72. The van der Waals surface area contributed by atoms with Gasteiger partial charge in [-0.1, -0.05) is 24.3 Å². The summed E-state index contributed by atoms with van der Waals surface area (Å²) in [6, 6.07) is 8.92. The first-order valence-corrected chi connectivity index (χ1v) is 4.72. The molecule has 0 saturated heterocycles. The van der Waals surface area contributed by atoms with Crippen molar-refractivity contribution in [1.29, 1.82) is 0 Å². The standard InChI is InChI=1S/C11H12N2O2/c1-7(12)8-4-2-3-5-9(8)10-6-11(14)13-15-10/h2-7H,12H2,1H3,(H,13,14). The number of rotatable bonds is 2. The van der Waals surface area contributed by atoms with Crippen molar-refractivity contribution in [3.05, 3.63) is 46.2 Å².